The van der Waals surface area contributed by atoms with Gasteiger partial charge < -0.3 is 40.3 Å². The van der Waals surface area contributed by atoms with Crippen LogP contribution in [0.2, 0.25) is 0 Å². The zero-order valence-electron chi connectivity index (χ0n) is 31.1. The molecule has 2 aromatic rings. The van der Waals surface area contributed by atoms with Gasteiger partial charge in [-0.1, -0.05) is 31.2 Å². The zero-order chi connectivity index (χ0) is 38.5. The van der Waals surface area contributed by atoms with Crippen molar-refractivity contribution in [3.8, 4) is 5.75 Å². The number of sulfonamides is 1. The molecule has 1 aliphatic heterocycles. The summed E-state index contributed by atoms with van der Waals surface area (Å²) < 4.78 is 43.2. The summed E-state index contributed by atoms with van der Waals surface area (Å²) in [7, 11) is 1.26. The summed E-state index contributed by atoms with van der Waals surface area (Å²) in [5, 5.41) is 12.8. The maximum absolute atomic E-state index is 12.6. The Morgan fingerprint density at radius 3 is 2.27 bits per heavy atom. The van der Waals surface area contributed by atoms with Crippen LogP contribution in [0.1, 0.15) is 70.9 Å². The van der Waals surface area contributed by atoms with Gasteiger partial charge in [-0.15, -0.1) is 0 Å². The topological polar surface area (TPSA) is 202 Å². The predicted molar refractivity (Wildman–Crippen MR) is 198 cm³/mol. The van der Waals surface area contributed by atoms with Crippen molar-refractivity contribution < 1.29 is 37.0 Å². The largest absolute Gasteiger partial charge is 0.497 e. The van der Waals surface area contributed by atoms with Gasteiger partial charge >= 0.3 is 0 Å². The Labute approximate surface area is 303 Å². The number of likely N-dealkylation sites (tertiary alicyclic amines) is 1. The minimum Gasteiger partial charge on any atom is -0.497 e. The molecule has 1 fully saturated rings. The molecule has 0 spiro atoms. The lowest BCUT2D eigenvalue weighted by Crippen LogP contribution is -2.50. The van der Waals surface area contributed by atoms with Gasteiger partial charge in [0.25, 0.3) is 0 Å². The molecule has 3 unspecified atom stereocenters. The van der Waals surface area contributed by atoms with Crippen LogP contribution >= 0.6 is 0 Å². The molecule has 0 aliphatic carbocycles. The van der Waals surface area contributed by atoms with Crippen molar-refractivity contribution in [2.24, 2.45) is 5.73 Å². The zero-order valence-corrected chi connectivity index (χ0v) is 31.9. The molecule has 1 aliphatic rings. The molecule has 3 atom stereocenters. The molecule has 2 amide bonds. The van der Waals surface area contributed by atoms with Crippen LogP contribution in [0.15, 0.2) is 53.4 Å². The number of amides is 2. The van der Waals surface area contributed by atoms with E-state index in [2.05, 4.69) is 15.4 Å². The van der Waals surface area contributed by atoms with Crippen LogP contribution < -0.4 is 25.8 Å². The van der Waals surface area contributed by atoms with Crippen molar-refractivity contribution in [1.82, 2.24) is 20.3 Å². The molecule has 15 heteroatoms. The Bertz CT molecular complexity index is 1440. The Kier molecular flexibility index (Phi) is 20.8. The lowest BCUT2D eigenvalue weighted by molar-refractivity contribution is -0.136. The molecule has 0 radical (unpaired) electrons. The van der Waals surface area contributed by atoms with Crippen LogP contribution in [0.25, 0.3) is 0 Å². The second-order valence-electron chi connectivity index (χ2n) is 12.5. The number of carbonyl (C=O) groups is 3. The van der Waals surface area contributed by atoms with Gasteiger partial charge in [0.1, 0.15) is 23.9 Å². The summed E-state index contributed by atoms with van der Waals surface area (Å²) in [6.45, 7) is 10.4. The van der Waals surface area contributed by atoms with Crippen LogP contribution in [-0.4, -0.2) is 103 Å². The number of ether oxygens (including phenoxy) is 3. The van der Waals surface area contributed by atoms with E-state index < -0.39 is 22.1 Å². The summed E-state index contributed by atoms with van der Waals surface area (Å²) in [6, 6.07) is 12.2. The van der Waals surface area contributed by atoms with Gasteiger partial charge in [-0.25, -0.2) is 8.42 Å². The van der Waals surface area contributed by atoms with Gasteiger partial charge in [0.15, 0.2) is 0 Å². The average Bonchev–Trinajstić information content (AvgIpc) is 3.60. The lowest BCUT2D eigenvalue weighted by atomic mass is 10.1. The van der Waals surface area contributed by atoms with Crippen molar-refractivity contribution in [3.05, 3.63) is 59.7 Å². The van der Waals surface area contributed by atoms with Crippen molar-refractivity contribution >= 4 is 34.5 Å². The Hall–Kier alpha value is -3.89. The second-order valence-corrected chi connectivity index (χ2v) is 14.3. The molecule has 0 saturated carbocycles. The first-order chi connectivity index (χ1) is 24.2. The van der Waals surface area contributed by atoms with E-state index >= 15 is 0 Å². The monoisotopic (exact) mass is 734 g/mol. The van der Waals surface area contributed by atoms with Gasteiger partial charge in [0, 0.05) is 38.9 Å². The van der Waals surface area contributed by atoms with Crippen molar-refractivity contribution in [3.63, 3.8) is 0 Å². The minimum atomic E-state index is -3.84. The summed E-state index contributed by atoms with van der Waals surface area (Å²) in [5.41, 5.74) is 7.08. The molecule has 1 heterocycles. The molecule has 51 heavy (non-hydrogen) atoms. The molecule has 2 aromatic carbocycles. The number of nitrogen functional groups attached to an aromatic ring is 1. The van der Waals surface area contributed by atoms with E-state index in [4.69, 9.17) is 25.4 Å². The SMILES string of the molecule is CCC(NS(=O)(=O)c1ccc(OC)cc1)C(=O)N1CCCC1C=O.CNCc1ccc(C(=N)N)cc1.COC(C)CCOC(C)(C)CCNC=O. The van der Waals surface area contributed by atoms with Crippen molar-refractivity contribution in [2.45, 2.75) is 95.0 Å². The smallest absolute Gasteiger partial charge is 0.241 e. The van der Waals surface area contributed by atoms with E-state index in [1.165, 1.54) is 29.7 Å². The van der Waals surface area contributed by atoms with E-state index in [0.29, 0.717) is 44.7 Å². The van der Waals surface area contributed by atoms with Crippen molar-refractivity contribution in [2.75, 3.05) is 41.0 Å². The molecule has 0 bridgehead atoms. The van der Waals surface area contributed by atoms with E-state index in [1.807, 2.05) is 52.1 Å². The van der Waals surface area contributed by atoms with Gasteiger partial charge in [-0.2, -0.15) is 4.72 Å². The Morgan fingerprint density at radius 2 is 1.76 bits per heavy atom. The fourth-order valence-corrected chi connectivity index (χ4v) is 6.13. The molecule has 14 nitrogen and oxygen atoms in total. The third kappa shape index (κ3) is 16.8. The number of carbonyl (C=O) groups excluding carboxylic acids is 3. The van der Waals surface area contributed by atoms with Crippen molar-refractivity contribution in [1.29, 1.82) is 5.41 Å². The van der Waals surface area contributed by atoms with Gasteiger partial charge in [0.05, 0.1) is 29.8 Å². The fraction of sp³-hybridized carbons (Fsp3) is 0.556. The molecular formula is C36H58N6O8S. The normalized spacial score (nSPS) is 15.3. The highest BCUT2D eigenvalue weighted by molar-refractivity contribution is 7.89. The average molecular weight is 735 g/mol. The quantitative estimate of drug-likeness (QED) is 0.0618. The van der Waals surface area contributed by atoms with Crippen LogP contribution in [0.5, 0.6) is 5.75 Å². The van der Waals surface area contributed by atoms with Gasteiger partial charge in [-0.05, 0) is 89.8 Å². The number of aldehydes is 1. The molecule has 3 rings (SSSR count). The molecule has 0 aromatic heterocycles. The first-order valence-electron chi connectivity index (χ1n) is 17.0. The van der Waals surface area contributed by atoms with Crippen LogP contribution in [0.4, 0.5) is 0 Å². The highest BCUT2D eigenvalue weighted by Gasteiger charge is 2.34. The Balaban J connectivity index is 0.000000414. The van der Waals surface area contributed by atoms with Crippen LogP contribution in [0.3, 0.4) is 0 Å². The fourth-order valence-electron chi connectivity index (χ4n) is 4.86. The number of rotatable bonds is 19. The Morgan fingerprint density at radius 1 is 1.12 bits per heavy atom. The minimum absolute atomic E-state index is 0.0582. The lowest BCUT2D eigenvalue weighted by Gasteiger charge is -2.26. The van der Waals surface area contributed by atoms with E-state index in [-0.39, 0.29) is 28.3 Å². The number of nitrogens with one attached hydrogen (secondary N) is 4. The van der Waals surface area contributed by atoms with Gasteiger partial charge in [0.2, 0.25) is 22.3 Å². The van der Waals surface area contributed by atoms with E-state index in [1.54, 1.807) is 26.2 Å². The maximum atomic E-state index is 12.6. The molecule has 1 saturated heterocycles. The number of benzene rings is 2. The summed E-state index contributed by atoms with van der Waals surface area (Å²) >= 11 is 0. The summed E-state index contributed by atoms with van der Waals surface area (Å²) in [5.74, 6) is 0.304. The highest BCUT2D eigenvalue weighted by Crippen LogP contribution is 2.20. The third-order valence-electron chi connectivity index (χ3n) is 8.13. The van der Waals surface area contributed by atoms with E-state index in [9.17, 15) is 22.8 Å². The molecule has 286 valence electrons. The number of hydrogen-bond acceptors (Lipinski definition) is 10. The maximum Gasteiger partial charge on any atom is 0.241 e. The highest BCUT2D eigenvalue weighted by atomic mass is 32.2. The first kappa shape index (κ1) is 45.1. The standard InChI is InChI=1S/C16H22N2O5S.C11H23NO3.C9H13N3/c1-3-15(16(20)18-10-4-5-12(18)11-19)17-24(21,22)14-8-6-13(23-2)7-9-14;1-10(14-4)5-8-15-11(2,3)6-7-12-9-13;1-12-6-7-2-4-8(5-3-7)9(10)11/h6-9,11-12,15,17H,3-5,10H2,1-2H3;9-10H,5-8H2,1-4H3,(H,12,13);2-5,12H,6H2,1H3,(H3,10,11). The summed E-state index contributed by atoms with van der Waals surface area (Å²) in [6.07, 6.45) is 5.06. The second kappa shape index (κ2) is 23.6. The van der Waals surface area contributed by atoms with E-state index in [0.717, 1.165) is 37.7 Å². The number of methoxy groups -OCH3 is 2. The predicted octanol–water partition coefficient (Wildman–Crippen LogP) is 2.97. The number of hydrogen-bond donors (Lipinski definition) is 5. The first-order valence-corrected chi connectivity index (χ1v) is 18.5. The number of amidine groups is 1. The van der Waals surface area contributed by atoms with Gasteiger partial charge in [-0.3, -0.25) is 15.0 Å². The molecular weight excluding hydrogens is 676 g/mol. The van der Waals surface area contributed by atoms with Crippen LogP contribution in [0, 0.1) is 5.41 Å². The number of nitrogens with zero attached hydrogens (tertiary/aromatic N) is 1. The number of nitrogens with two attached hydrogens (primary N) is 1. The van der Waals surface area contributed by atoms with Crippen LogP contribution in [-0.2, 0) is 40.4 Å². The third-order valence-corrected chi connectivity index (χ3v) is 9.62. The summed E-state index contributed by atoms with van der Waals surface area (Å²) in [4.78, 5) is 35.2. The molecule has 6 N–H and O–H groups in total.